The van der Waals surface area contributed by atoms with Gasteiger partial charge >= 0.3 is 0 Å². The molecule has 0 spiro atoms. The van der Waals surface area contributed by atoms with Crippen molar-refractivity contribution in [1.29, 1.82) is 0 Å². The van der Waals surface area contributed by atoms with Crippen LogP contribution in [0.5, 0.6) is 5.75 Å². The van der Waals surface area contributed by atoms with E-state index in [1.807, 2.05) is 44.7 Å². The summed E-state index contributed by atoms with van der Waals surface area (Å²) in [5.41, 5.74) is 8.73. The van der Waals surface area contributed by atoms with Crippen LogP contribution in [0.3, 0.4) is 0 Å². The Bertz CT molecular complexity index is 2280. The number of aromatic nitrogens is 3. The minimum absolute atomic E-state index is 0.0372. The standard InChI is InChI=1S/C44H55N5O6S/c1-27(2)26-56(52,53)46-40(50)19-30-14-16-37-39(18-30)48-25-33(20-32-21-35(54-5)15-17-36(32)43(48)41(37)31-10-7-6-8-11-31)42-38(22-45-49(42)34-12-9-13-34)44(51)47-23-28(3)55-29(4)24-47/h14-18,20-22,27-29,31,34H,6-13,19,23-26H2,1-5H3,(H,46,50)/t28-,29+. The predicted octanol–water partition coefficient (Wildman–Crippen LogP) is 7.73. The Kier molecular flexibility index (Phi) is 10.6. The van der Waals surface area contributed by atoms with Crippen molar-refractivity contribution in [1.82, 2.24) is 24.0 Å². The molecule has 12 heteroatoms. The summed E-state index contributed by atoms with van der Waals surface area (Å²) >= 11 is 0. The molecule has 2 aromatic heterocycles. The van der Waals surface area contributed by atoms with E-state index in [9.17, 15) is 18.0 Å². The molecule has 4 aliphatic rings. The lowest BCUT2D eigenvalue weighted by atomic mass is 9.81. The minimum Gasteiger partial charge on any atom is -0.497 e. The monoisotopic (exact) mass is 781 g/mol. The van der Waals surface area contributed by atoms with Crippen LogP contribution in [0.1, 0.15) is 124 Å². The number of morpholine rings is 1. The number of hydrogen-bond donors (Lipinski definition) is 1. The SMILES string of the molecule is COc1ccc2c(c1)C=C(c1c(C(=O)N3C[C@@H](C)O[C@@H](C)C3)cnn1C1CCC1)Cn1c-2c(C2CCCCC2)c2ccc(CC(=O)NS(=O)(=O)CC(C)C)cc21. The van der Waals surface area contributed by atoms with Crippen LogP contribution in [0.25, 0.3) is 33.8 Å². The van der Waals surface area contributed by atoms with E-state index >= 15 is 0 Å². The van der Waals surface area contributed by atoms with E-state index in [4.69, 9.17) is 14.6 Å². The second-order valence-electron chi connectivity index (χ2n) is 16.9. The van der Waals surface area contributed by atoms with Crippen molar-refractivity contribution in [3.05, 3.63) is 70.5 Å². The van der Waals surface area contributed by atoms with Gasteiger partial charge in [0.15, 0.2) is 0 Å². The fourth-order valence-electron chi connectivity index (χ4n) is 9.48. The van der Waals surface area contributed by atoms with Crippen LogP contribution >= 0.6 is 0 Å². The van der Waals surface area contributed by atoms with Crippen molar-refractivity contribution < 1.29 is 27.5 Å². The number of sulfonamides is 1. The Hall–Kier alpha value is -4.42. The van der Waals surface area contributed by atoms with Crippen LogP contribution in [-0.2, 0) is 32.5 Å². The maximum atomic E-state index is 14.6. The van der Waals surface area contributed by atoms with Gasteiger partial charge in [0.05, 0.1) is 67.2 Å². The molecule has 0 bridgehead atoms. The Morgan fingerprint density at radius 2 is 1.71 bits per heavy atom. The van der Waals surface area contributed by atoms with E-state index in [1.54, 1.807) is 13.3 Å². The van der Waals surface area contributed by atoms with E-state index in [1.165, 1.54) is 24.8 Å². The van der Waals surface area contributed by atoms with Crippen LogP contribution in [0.15, 0.2) is 42.6 Å². The van der Waals surface area contributed by atoms with Crippen molar-refractivity contribution in [2.45, 2.75) is 116 Å². The molecule has 1 saturated heterocycles. The molecule has 2 aromatic carbocycles. The van der Waals surface area contributed by atoms with E-state index in [2.05, 4.69) is 44.3 Å². The predicted molar refractivity (Wildman–Crippen MR) is 219 cm³/mol. The van der Waals surface area contributed by atoms with Crippen molar-refractivity contribution in [2.24, 2.45) is 5.92 Å². The van der Waals surface area contributed by atoms with Gasteiger partial charge in [-0.25, -0.2) is 8.42 Å². The second kappa shape index (κ2) is 15.5. The van der Waals surface area contributed by atoms with E-state index in [0.29, 0.717) is 31.1 Å². The molecule has 4 heterocycles. The van der Waals surface area contributed by atoms with Gasteiger partial charge < -0.3 is 18.9 Å². The lowest BCUT2D eigenvalue weighted by Crippen LogP contribution is -2.48. The molecule has 11 nitrogen and oxygen atoms in total. The fourth-order valence-corrected chi connectivity index (χ4v) is 10.9. The summed E-state index contributed by atoms with van der Waals surface area (Å²) in [6.45, 7) is 9.17. The number of carbonyl (C=O) groups excluding carboxylic acids is 2. The summed E-state index contributed by atoms with van der Waals surface area (Å²) in [7, 11) is -2.06. The molecular formula is C44H55N5O6S. The first-order valence-electron chi connectivity index (χ1n) is 20.5. The van der Waals surface area contributed by atoms with Gasteiger partial charge in [-0.05, 0) is 110 Å². The molecule has 2 aliphatic heterocycles. The molecule has 4 aromatic rings. The molecule has 2 atom stereocenters. The van der Waals surface area contributed by atoms with Gasteiger partial charge in [-0.3, -0.25) is 19.0 Å². The summed E-state index contributed by atoms with van der Waals surface area (Å²) in [6.07, 6.45) is 12.7. The summed E-state index contributed by atoms with van der Waals surface area (Å²) in [4.78, 5) is 29.7. The van der Waals surface area contributed by atoms with Gasteiger partial charge in [0.2, 0.25) is 15.9 Å². The highest BCUT2D eigenvalue weighted by Gasteiger charge is 2.35. The van der Waals surface area contributed by atoms with Crippen LogP contribution < -0.4 is 9.46 Å². The number of methoxy groups -OCH3 is 1. The average Bonchev–Trinajstić information content (AvgIpc) is 3.63. The Balaban J connectivity index is 1.30. The molecule has 2 saturated carbocycles. The largest absolute Gasteiger partial charge is 0.497 e. The van der Waals surface area contributed by atoms with Crippen LogP contribution in [0.2, 0.25) is 0 Å². The normalized spacial score (nSPS) is 20.6. The third-order valence-corrected chi connectivity index (χ3v) is 13.6. The van der Waals surface area contributed by atoms with Gasteiger partial charge in [0, 0.05) is 29.6 Å². The van der Waals surface area contributed by atoms with Crippen LogP contribution in [-0.4, -0.2) is 77.6 Å². The highest BCUT2D eigenvalue weighted by atomic mass is 32.2. The van der Waals surface area contributed by atoms with Gasteiger partial charge in [-0.1, -0.05) is 45.2 Å². The number of allylic oxidation sites excluding steroid dienone is 1. The summed E-state index contributed by atoms with van der Waals surface area (Å²) < 4.78 is 44.0. The third kappa shape index (κ3) is 7.54. The summed E-state index contributed by atoms with van der Waals surface area (Å²) in [5, 5.41) is 6.09. The van der Waals surface area contributed by atoms with E-state index in [-0.39, 0.29) is 42.2 Å². The number of nitrogens with zero attached hydrogens (tertiary/aromatic N) is 4. The van der Waals surface area contributed by atoms with Gasteiger partial charge in [-0.15, -0.1) is 0 Å². The molecule has 8 rings (SSSR count). The first kappa shape index (κ1) is 38.5. The number of nitrogens with one attached hydrogen (secondary N) is 1. The smallest absolute Gasteiger partial charge is 0.257 e. The number of hydrogen-bond acceptors (Lipinski definition) is 7. The lowest BCUT2D eigenvalue weighted by molar-refractivity contribution is -0.118. The number of carbonyl (C=O) groups is 2. The van der Waals surface area contributed by atoms with Crippen molar-refractivity contribution in [3.8, 4) is 17.0 Å². The van der Waals surface area contributed by atoms with Gasteiger partial charge in [0.25, 0.3) is 5.91 Å². The first-order valence-corrected chi connectivity index (χ1v) is 22.1. The number of rotatable bonds is 10. The molecule has 0 unspecified atom stereocenters. The lowest BCUT2D eigenvalue weighted by Gasteiger charge is -2.35. The van der Waals surface area contributed by atoms with E-state index < -0.39 is 15.9 Å². The fraction of sp³-hybridized carbons (Fsp3) is 0.523. The number of benzene rings is 2. The van der Waals surface area contributed by atoms with Gasteiger partial charge in [0.1, 0.15) is 5.75 Å². The highest BCUT2D eigenvalue weighted by molar-refractivity contribution is 7.90. The molecule has 3 fully saturated rings. The third-order valence-electron chi connectivity index (χ3n) is 12.0. The Morgan fingerprint density at radius 3 is 2.39 bits per heavy atom. The van der Waals surface area contributed by atoms with E-state index in [0.717, 1.165) is 82.4 Å². The summed E-state index contributed by atoms with van der Waals surface area (Å²) in [5.74, 6) is 0.316. The molecule has 2 amide bonds. The Morgan fingerprint density at radius 1 is 0.964 bits per heavy atom. The van der Waals surface area contributed by atoms with Crippen molar-refractivity contribution in [2.75, 3.05) is 26.0 Å². The van der Waals surface area contributed by atoms with Crippen molar-refractivity contribution >= 4 is 44.4 Å². The zero-order valence-electron chi connectivity index (χ0n) is 33.3. The zero-order chi connectivity index (χ0) is 39.3. The molecule has 2 aliphatic carbocycles. The molecule has 56 heavy (non-hydrogen) atoms. The molecule has 0 radical (unpaired) electrons. The zero-order valence-corrected chi connectivity index (χ0v) is 34.2. The van der Waals surface area contributed by atoms with Gasteiger partial charge in [-0.2, -0.15) is 5.10 Å². The van der Waals surface area contributed by atoms with Crippen molar-refractivity contribution in [3.63, 3.8) is 0 Å². The first-order chi connectivity index (χ1) is 26.9. The maximum Gasteiger partial charge on any atom is 0.257 e. The van der Waals surface area contributed by atoms with Crippen LogP contribution in [0.4, 0.5) is 0 Å². The number of amides is 2. The molecule has 1 N–H and O–H groups in total. The summed E-state index contributed by atoms with van der Waals surface area (Å²) in [6, 6.07) is 12.7. The Labute approximate surface area is 330 Å². The number of ether oxygens (including phenoxy) is 2. The molecule has 298 valence electrons. The second-order valence-corrected chi connectivity index (χ2v) is 18.7. The highest BCUT2D eigenvalue weighted by Crippen LogP contribution is 2.48. The number of fused-ring (bicyclic) bond motifs is 5. The topological polar surface area (TPSA) is 125 Å². The minimum atomic E-state index is -3.75. The quantitative estimate of drug-likeness (QED) is 0.175. The average molecular weight is 782 g/mol. The van der Waals surface area contributed by atoms with Crippen LogP contribution in [0, 0.1) is 5.92 Å². The maximum absolute atomic E-state index is 14.6. The molecular weight excluding hydrogens is 727 g/mol.